The van der Waals surface area contributed by atoms with Gasteiger partial charge in [0.05, 0.1) is 0 Å². The Morgan fingerprint density at radius 3 is 2.00 bits per heavy atom. The van der Waals surface area contributed by atoms with Crippen molar-refractivity contribution in [2.45, 2.75) is 79.1 Å². The molecule has 0 aliphatic carbocycles. The summed E-state index contributed by atoms with van der Waals surface area (Å²) in [5.41, 5.74) is 3.26. The second kappa shape index (κ2) is 12.2. The third-order valence-corrected chi connectivity index (χ3v) is 3.51. The Hall–Kier alpha value is -0.300. The van der Waals surface area contributed by atoms with Crippen LogP contribution >= 0.6 is 0 Å². The Morgan fingerprint density at radius 2 is 1.35 bits per heavy atom. The summed E-state index contributed by atoms with van der Waals surface area (Å²) in [5.74, 6) is 0. The van der Waals surface area contributed by atoms with E-state index in [0.29, 0.717) is 0 Å². The molecule has 0 bridgehead atoms. The maximum atomic E-state index is 3.38. The molecule has 0 rings (SSSR count). The van der Waals surface area contributed by atoms with Crippen LogP contribution in [-0.2, 0) is 0 Å². The predicted octanol–water partition coefficient (Wildman–Crippen LogP) is 5.07. The normalized spacial score (nSPS) is 12.7. The van der Waals surface area contributed by atoms with Crippen molar-refractivity contribution in [3.63, 3.8) is 0 Å². The van der Waals surface area contributed by atoms with E-state index in [2.05, 4.69) is 33.0 Å². The highest BCUT2D eigenvalue weighted by Crippen LogP contribution is 2.17. The molecule has 0 heterocycles. The van der Waals surface area contributed by atoms with E-state index in [1.54, 1.807) is 11.1 Å². The van der Waals surface area contributed by atoms with Crippen molar-refractivity contribution < 1.29 is 0 Å². The lowest BCUT2D eigenvalue weighted by atomic mass is 10.0. The molecule has 0 aromatic carbocycles. The minimum absolute atomic E-state index is 1.11. The second-order valence-electron chi connectivity index (χ2n) is 5.18. The summed E-state index contributed by atoms with van der Waals surface area (Å²) in [5, 5.41) is 3.38. The molecule has 0 radical (unpaired) electrons. The minimum Gasteiger partial charge on any atom is -0.317 e. The van der Waals surface area contributed by atoms with Gasteiger partial charge in [-0.2, -0.15) is 0 Å². The molecule has 0 aliphatic heterocycles. The topological polar surface area (TPSA) is 12.0 Å². The van der Waals surface area contributed by atoms with E-state index in [1.807, 2.05) is 0 Å². The summed E-state index contributed by atoms with van der Waals surface area (Å²) in [4.78, 5) is 0. The maximum Gasteiger partial charge on any atom is -0.00490 e. The molecule has 0 saturated carbocycles. The summed E-state index contributed by atoms with van der Waals surface area (Å²) in [6.45, 7) is 11.4. The molecular formula is C16H33N. The first-order chi connectivity index (χ1) is 8.22. The van der Waals surface area contributed by atoms with Crippen LogP contribution in [-0.4, -0.2) is 13.1 Å². The summed E-state index contributed by atoms with van der Waals surface area (Å²) in [7, 11) is 0. The summed E-state index contributed by atoms with van der Waals surface area (Å²) in [6, 6.07) is 0. The average molecular weight is 239 g/mol. The van der Waals surface area contributed by atoms with Crippen LogP contribution in [0.25, 0.3) is 0 Å². The smallest absolute Gasteiger partial charge is 0.00490 e. The first-order valence-corrected chi connectivity index (χ1v) is 7.58. The zero-order valence-corrected chi connectivity index (χ0v) is 12.6. The Balaban J connectivity index is 3.36. The van der Waals surface area contributed by atoms with Gasteiger partial charge in [0.15, 0.2) is 0 Å². The van der Waals surface area contributed by atoms with Crippen molar-refractivity contribution in [2.24, 2.45) is 0 Å². The average Bonchev–Trinajstić information content (AvgIpc) is 2.32. The van der Waals surface area contributed by atoms with Gasteiger partial charge < -0.3 is 5.32 Å². The molecule has 0 saturated heterocycles. The van der Waals surface area contributed by atoms with Crippen molar-refractivity contribution in [1.29, 1.82) is 0 Å². The van der Waals surface area contributed by atoms with Gasteiger partial charge in [-0.3, -0.25) is 0 Å². The Morgan fingerprint density at radius 1 is 0.765 bits per heavy atom. The molecule has 0 aliphatic rings. The molecule has 1 nitrogen and oxygen atoms in total. The molecule has 1 heteroatoms. The minimum atomic E-state index is 1.11. The van der Waals surface area contributed by atoms with Crippen LogP contribution in [0.15, 0.2) is 11.1 Å². The van der Waals surface area contributed by atoms with Gasteiger partial charge in [0.25, 0.3) is 0 Å². The largest absolute Gasteiger partial charge is 0.317 e. The van der Waals surface area contributed by atoms with E-state index in [-0.39, 0.29) is 0 Å². The number of allylic oxidation sites excluding steroid dienone is 2. The highest BCUT2D eigenvalue weighted by molar-refractivity contribution is 5.09. The lowest BCUT2D eigenvalue weighted by Gasteiger charge is -2.07. The highest BCUT2D eigenvalue weighted by atomic mass is 14.8. The molecule has 0 amide bonds. The van der Waals surface area contributed by atoms with Crippen molar-refractivity contribution >= 4 is 0 Å². The SMILES string of the molecule is CCC/C(C)=C(\C)CCCCCCCNCC. The molecule has 17 heavy (non-hydrogen) atoms. The van der Waals surface area contributed by atoms with E-state index in [9.17, 15) is 0 Å². The Kier molecular flexibility index (Phi) is 12.0. The first kappa shape index (κ1) is 16.7. The third-order valence-electron chi connectivity index (χ3n) is 3.51. The van der Waals surface area contributed by atoms with E-state index in [0.717, 1.165) is 6.54 Å². The van der Waals surface area contributed by atoms with Gasteiger partial charge >= 0.3 is 0 Å². The standard InChI is InChI=1S/C16H33N/c1-5-12-15(3)16(4)13-10-8-7-9-11-14-17-6-2/h17H,5-14H2,1-4H3/b16-15+. The fourth-order valence-corrected chi connectivity index (χ4v) is 2.15. The van der Waals surface area contributed by atoms with Gasteiger partial charge in [0.1, 0.15) is 0 Å². The number of unbranched alkanes of at least 4 members (excludes halogenated alkanes) is 4. The van der Waals surface area contributed by atoms with Gasteiger partial charge in [-0.05, 0) is 52.6 Å². The van der Waals surface area contributed by atoms with Crippen LogP contribution in [0.2, 0.25) is 0 Å². The lowest BCUT2D eigenvalue weighted by molar-refractivity contribution is 0.582. The fourth-order valence-electron chi connectivity index (χ4n) is 2.15. The Bertz CT molecular complexity index is 194. The van der Waals surface area contributed by atoms with E-state index < -0.39 is 0 Å². The molecular weight excluding hydrogens is 206 g/mol. The highest BCUT2D eigenvalue weighted by Gasteiger charge is 1.97. The molecule has 102 valence electrons. The van der Waals surface area contributed by atoms with Crippen molar-refractivity contribution in [3.05, 3.63) is 11.1 Å². The van der Waals surface area contributed by atoms with Gasteiger partial charge in [0, 0.05) is 0 Å². The van der Waals surface area contributed by atoms with Crippen molar-refractivity contribution in [1.82, 2.24) is 5.32 Å². The second-order valence-corrected chi connectivity index (χ2v) is 5.18. The maximum absolute atomic E-state index is 3.38. The molecule has 0 fully saturated rings. The van der Waals surface area contributed by atoms with E-state index in [1.165, 1.54) is 57.9 Å². The van der Waals surface area contributed by atoms with Crippen LogP contribution in [0.1, 0.15) is 79.1 Å². The molecule has 0 aromatic heterocycles. The molecule has 0 spiro atoms. The fraction of sp³-hybridized carbons (Fsp3) is 0.875. The van der Waals surface area contributed by atoms with Crippen molar-refractivity contribution in [3.8, 4) is 0 Å². The summed E-state index contributed by atoms with van der Waals surface area (Å²) in [6.07, 6.45) is 10.8. The van der Waals surface area contributed by atoms with Crippen molar-refractivity contribution in [2.75, 3.05) is 13.1 Å². The van der Waals surface area contributed by atoms with Gasteiger partial charge in [-0.25, -0.2) is 0 Å². The van der Waals surface area contributed by atoms with Gasteiger partial charge in [0.2, 0.25) is 0 Å². The summed E-state index contributed by atoms with van der Waals surface area (Å²) < 4.78 is 0. The van der Waals surface area contributed by atoms with Crippen LogP contribution in [0.5, 0.6) is 0 Å². The number of rotatable bonds is 11. The van der Waals surface area contributed by atoms with Crippen LogP contribution in [0, 0.1) is 0 Å². The number of nitrogens with one attached hydrogen (secondary N) is 1. The molecule has 0 unspecified atom stereocenters. The first-order valence-electron chi connectivity index (χ1n) is 7.58. The quantitative estimate of drug-likeness (QED) is 0.392. The monoisotopic (exact) mass is 239 g/mol. The Labute approximate surface area is 109 Å². The zero-order valence-electron chi connectivity index (χ0n) is 12.6. The van der Waals surface area contributed by atoms with Gasteiger partial charge in [-0.1, -0.05) is 50.7 Å². The van der Waals surface area contributed by atoms with E-state index >= 15 is 0 Å². The molecule has 0 aromatic rings. The zero-order chi connectivity index (χ0) is 12.9. The van der Waals surface area contributed by atoms with E-state index in [4.69, 9.17) is 0 Å². The summed E-state index contributed by atoms with van der Waals surface area (Å²) >= 11 is 0. The van der Waals surface area contributed by atoms with Gasteiger partial charge in [-0.15, -0.1) is 0 Å². The van der Waals surface area contributed by atoms with Crippen LogP contribution in [0.3, 0.4) is 0 Å². The molecule has 0 atom stereocenters. The molecule has 1 N–H and O–H groups in total. The van der Waals surface area contributed by atoms with Crippen LogP contribution < -0.4 is 5.32 Å². The third kappa shape index (κ3) is 10.6. The predicted molar refractivity (Wildman–Crippen MR) is 79.5 cm³/mol. The number of hydrogen-bond donors (Lipinski definition) is 1. The van der Waals surface area contributed by atoms with Crippen LogP contribution in [0.4, 0.5) is 0 Å². The number of hydrogen-bond acceptors (Lipinski definition) is 1. The lowest BCUT2D eigenvalue weighted by Crippen LogP contribution is -2.13.